The molecule has 2 nitrogen and oxygen atoms in total. The van der Waals surface area contributed by atoms with Crippen LogP contribution >= 0.6 is 22.9 Å². The quantitative estimate of drug-likeness (QED) is 0.875. The molecule has 0 aliphatic carbocycles. The molecule has 0 aliphatic rings. The van der Waals surface area contributed by atoms with E-state index in [0.717, 1.165) is 5.69 Å². The van der Waals surface area contributed by atoms with Crippen LogP contribution in [0.4, 0.5) is 5.69 Å². The Morgan fingerprint density at radius 3 is 2.82 bits per heavy atom. The van der Waals surface area contributed by atoms with Crippen molar-refractivity contribution in [1.29, 1.82) is 0 Å². The standard InChI is InChI=1S/C13H14ClNOS/c1-9(10-5-6-17-8-10)15-11-3-4-12(14)13(7-11)16-2/h3-9,15H,1-2H3. The maximum absolute atomic E-state index is 5.98. The minimum Gasteiger partial charge on any atom is -0.495 e. The highest BCUT2D eigenvalue weighted by Crippen LogP contribution is 2.29. The van der Waals surface area contributed by atoms with E-state index in [-0.39, 0.29) is 6.04 Å². The lowest BCUT2D eigenvalue weighted by Crippen LogP contribution is -2.05. The van der Waals surface area contributed by atoms with E-state index >= 15 is 0 Å². The molecule has 1 heterocycles. The molecule has 0 amide bonds. The lowest BCUT2D eigenvalue weighted by Gasteiger charge is -2.15. The predicted molar refractivity (Wildman–Crippen MR) is 74.4 cm³/mol. The number of benzene rings is 1. The van der Waals surface area contributed by atoms with Gasteiger partial charge in [-0.05, 0) is 41.4 Å². The van der Waals surface area contributed by atoms with Crippen LogP contribution in [0.5, 0.6) is 5.75 Å². The summed E-state index contributed by atoms with van der Waals surface area (Å²) in [7, 11) is 1.62. The maximum atomic E-state index is 5.98. The van der Waals surface area contributed by atoms with Crippen LogP contribution in [-0.4, -0.2) is 7.11 Å². The lowest BCUT2D eigenvalue weighted by molar-refractivity contribution is 0.415. The molecule has 1 unspecified atom stereocenters. The summed E-state index contributed by atoms with van der Waals surface area (Å²) in [6, 6.07) is 8.09. The highest BCUT2D eigenvalue weighted by atomic mass is 35.5. The molecule has 2 rings (SSSR count). The van der Waals surface area contributed by atoms with Gasteiger partial charge in [0.25, 0.3) is 0 Å². The molecule has 17 heavy (non-hydrogen) atoms. The van der Waals surface area contributed by atoms with E-state index in [1.165, 1.54) is 5.56 Å². The first-order valence-corrected chi connectivity index (χ1v) is 6.65. The fourth-order valence-electron chi connectivity index (χ4n) is 1.60. The van der Waals surface area contributed by atoms with Crippen molar-refractivity contribution in [3.63, 3.8) is 0 Å². The SMILES string of the molecule is COc1cc(NC(C)c2ccsc2)ccc1Cl. The van der Waals surface area contributed by atoms with Crippen LogP contribution < -0.4 is 10.1 Å². The summed E-state index contributed by atoms with van der Waals surface area (Å²) in [6.07, 6.45) is 0. The van der Waals surface area contributed by atoms with Gasteiger partial charge in [0.1, 0.15) is 5.75 Å². The Balaban J connectivity index is 2.13. The molecule has 0 radical (unpaired) electrons. The summed E-state index contributed by atoms with van der Waals surface area (Å²) in [5.41, 5.74) is 2.29. The second kappa shape index (κ2) is 5.43. The van der Waals surface area contributed by atoms with Crippen molar-refractivity contribution in [1.82, 2.24) is 0 Å². The van der Waals surface area contributed by atoms with Crippen LogP contribution in [0.1, 0.15) is 18.5 Å². The van der Waals surface area contributed by atoms with E-state index in [1.54, 1.807) is 18.4 Å². The summed E-state index contributed by atoms with van der Waals surface area (Å²) in [5.74, 6) is 0.689. The van der Waals surface area contributed by atoms with Crippen molar-refractivity contribution in [2.24, 2.45) is 0 Å². The third-order valence-electron chi connectivity index (χ3n) is 2.58. The van der Waals surface area contributed by atoms with Crippen LogP contribution in [0.25, 0.3) is 0 Å². The van der Waals surface area contributed by atoms with Gasteiger partial charge < -0.3 is 10.1 Å². The zero-order chi connectivity index (χ0) is 12.3. The molecule has 0 spiro atoms. The Morgan fingerprint density at radius 1 is 1.35 bits per heavy atom. The Labute approximate surface area is 110 Å². The molecule has 0 saturated carbocycles. The summed E-state index contributed by atoms with van der Waals surface area (Å²) in [5, 5.41) is 8.26. The molecule has 4 heteroatoms. The fraction of sp³-hybridized carbons (Fsp3) is 0.231. The van der Waals surface area contributed by atoms with Crippen molar-refractivity contribution in [2.45, 2.75) is 13.0 Å². The van der Waals surface area contributed by atoms with Crippen molar-refractivity contribution >= 4 is 28.6 Å². The highest BCUT2D eigenvalue weighted by molar-refractivity contribution is 7.07. The summed E-state index contributed by atoms with van der Waals surface area (Å²) < 4.78 is 5.19. The maximum Gasteiger partial charge on any atom is 0.139 e. The van der Waals surface area contributed by atoms with Crippen molar-refractivity contribution < 1.29 is 4.74 Å². The van der Waals surface area contributed by atoms with Gasteiger partial charge >= 0.3 is 0 Å². The molecular weight excluding hydrogens is 254 g/mol. The molecule has 0 fully saturated rings. The van der Waals surface area contributed by atoms with E-state index in [2.05, 4.69) is 29.1 Å². The average Bonchev–Trinajstić information content (AvgIpc) is 2.85. The Morgan fingerprint density at radius 2 is 2.18 bits per heavy atom. The number of anilines is 1. The Kier molecular flexibility index (Phi) is 3.92. The van der Waals surface area contributed by atoms with E-state index < -0.39 is 0 Å². The minimum absolute atomic E-state index is 0.270. The van der Waals surface area contributed by atoms with Gasteiger partial charge in [0, 0.05) is 17.8 Å². The number of rotatable bonds is 4. The number of nitrogens with one attached hydrogen (secondary N) is 1. The molecule has 0 saturated heterocycles. The predicted octanol–water partition coefficient (Wildman–Crippen LogP) is 4.58. The van der Waals surface area contributed by atoms with Gasteiger partial charge in [-0.1, -0.05) is 11.6 Å². The molecule has 1 N–H and O–H groups in total. The number of hydrogen-bond donors (Lipinski definition) is 1. The molecule has 1 atom stereocenters. The van der Waals surface area contributed by atoms with Crippen LogP contribution in [0, 0.1) is 0 Å². The van der Waals surface area contributed by atoms with Crippen molar-refractivity contribution in [2.75, 3.05) is 12.4 Å². The van der Waals surface area contributed by atoms with E-state index in [0.29, 0.717) is 10.8 Å². The molecule has 1 aromatic carbocycles. The number of thiophene rings is 1. The monoisotopic (exact) mass is 267 g/mol. The number of halogens is 1. The van der Waals surface area contributed by atoms with Crippen LogP contribution in [-0.2, 0) is 0 Å². The summed E-state index contributed by atoms with van der Waals surface area (Å²) >= 11 is 7.68. The number of hydrogen-bond acceptors (Lipinski definition) is 3. The zero-order valence-electron chi connectivity index (χ0n) is 9.74. The topological polar surface area (TPSA) is 21.3 Å². The molecule has 0 aliphatic heterocycles. The van der Waals surface area contributed by atoms with Crippen LogP contribution in [0.15, 0.2) is 35.0 Å². The molecule has 1 aromatic heterocycles. The number of ether oxygens (including phenoxy) is 1. The van der Waals surface area contributed by atoms with E-state index in [9.17, 15) is 0 Å². The highest BCUT2D eigenvalue weighted by Gasteiger charge is 2.07. The van der Waals surface area contributed by atoms with Gasteiger partial charge in [0.2, 0.25) is 0 Å². The Hall–Kier alpha value is -1.19. The minimum atomic E-state index is 0.270. The smallest absolute Gasteiger partial charge is 0.139 e. The first-order chi connectivity index (χ1) is 8.20. The van der Waals surface area contributed by atoms with Crippen LogP contribution in [0.2, 0.25) is 5.02 Å². The van der Waals surface area contributed by atoms with E-state index in [1.807, 2.05) is 18.2 Å². The van der Waals surface area contributed by atoms with E-state index in [4.69, 9.17) is 16.3 Å². The van der Waals surface area contributed by atoms with Gasteiger partial charge in [-0.25, -0.2) is 0 Å². The first kappa shape index (κ1) is 12.3. The van der Waals surface area contributed by atoms with Crippen molar-refractivity contribution in [3.05, 3.63) is 45.6 Å². The van der Waals surface area contributed by atoms with Crippen LogP contribution in [0.3, 0.4) is 0 Å². The third-order valence-corrected chi connectivity index (χ3v) is 3.59. The van der Waals surface area contributed by atoms with Gasteiger partial charge in [0.05, 0.1) is 12.1 Å². The second-order valence-corrected chi connectivity index (χ2v) is 4.96. The first-order valence-electron chi connectivity index (χ1n) is 5.33. The van der Waals surface area contributed by atoms with Gasteiger partial charge in [-0.2, -0.15) is 11.3 Å². The van der Waals surface area contributed by atoms with Gasteiger partial charge in [0.15, 0.2) is 0 Å². The fourth-order valence-corrected chi connectivity index (χ4v) is 2.55. The molecule has 0 bridgehead atoms. The summed E-state index contributed by atoms with van der Waals surface area (Å²) in [6.45, 7) is 2.13. The zero-order valence-corrected chi connectivity index (χ0v) is 11.3. The molecular formula is C13H14ClNOS. The van der Waals surface area contributed by atoms with Gasteiger partial charge in [-0.3, -0.25) is 0 Å². The Bertz CT molecular complexity index is 484. The van der Waals surface area contributed by atoms with Gasteiger partial charge in [-0.15, -0.1) is 0 Å². The lowest BCUT2D eigenvalue weighted by atomic mass is 10.1. The van der Waals surface area contributed by atoms with Crippen molar-refractivity contribution in [3.8, 4) is 5.75 Å². The summed E-state index contributed by atoms with van der Waals surface area (Å²) in [4.78, 5) is 0. The molecule has 2 aromatic rings. The second-order valence-electron chi connectivity index (χ2n) is 3.77. The average molecular weight is 268 g/mol. The number of methoxy groups -OCH3 is 1. The largest absolute Gasteiger partial charge is 0.495 e. The normalized spacial score (nSPS) is 12.2. The molecule has 90 valence electrons. The third kappa shape index (κ3) is 2.93.